The lowest BCUT2D eigenvalue weighted by Crippen LogP contribution is -2.62. The normalized spacial score (nSPS) is 28.6. The summed E-state index contributed by atoms with van der Waals surface area (Å²) >= 11 is 6.22. The number of halogens is 1. The summed E-state index contributed by atoms with van der Waals surface area (Å²) in [5.41, 5.74) is 1.11. The molecule has 2 aliphatic heterocycles. The van der Waals surface area contributed by atoms with Gasteiger partial charge in [-0.1, -0.05) is 29.8 Å². The van der Waals surface area contributed by atoms with Crippen molar-refractivity contribution in [3.05, 3.63) is 34.9 Å². The van der Waals surface area contributed by atoms with E-state index < -0.39 is 0 Å². The fraction of sp³-hybridized carbons (Fsp3) is 0.462. The van der Waals surface area contributed by atoms with Crippen LogP contribution in [0.25, 0.3) is 0 Å². The summed E-state index contributed by atoms with van der Waals surface area (Å²) in [7, 11) is 0. The second-order valence-corrected chi connectivity index (χ2v) is 5.28. The molecule has 2 atom stereocenters. The number of fused-ring (bicyclic) bond motifs is 1. The highest BCUT2D eigenvalue weighted by atomic mass is 35.5. The van der Waals surface area contributed by atoms with E-state index >= 15 is 0 Å². The molecule has 2 saturated heterocycles. The van der Waals surface area contributed by atoms with Gasteiger partial charge in [-0.3, -0.25) is 9.69 Å². The Hall–Kier alpha value is -1.10. The molecule has 2 N–H and O–H groups in total. The maximum Gasteiger partial charge on any atom is 0.234 e. The van der Waals surface area contributed by atoms with E-state index in [-0.39, 0.29) is 11.9 Å². The molecule has 0 bridgehead atoms. The van der Waals surface area contributed by atoms with Gasteiger partial charge < -0.3 is 10.6 Å². The summed E-state index contributed by atoms with van der Waals surface area (Å²) in [6, 6.07) is 8.50. The van der Waals surface area contributed by atoms with Gasteiger partial charge in [-0.05, 0) is 11.6 Å². The number of amides is 1. The molecular formula is C13H16ClN3O. The SMILES string of the molecule is O=C1CN2CC(c3ccccc3Cl)NCC2CN1. The molecule has 0 radical (unpaired) electrons. The van der Waals surface area contributed by atoms with Crippen LogP contribution in [0.4, 0.5) is 0 Å². The summed E-state index contributed by atoms with van der Waals surface area (Å²) < 4.78 is 0. The van der Waals surface area contributed by atoms with Crippen LogP contribution in [0.5, 0.6) is 0 Å². The number of hydrogen-bond acceptors (Lipinski definition) is 3. The predicted octanol–water partition coefficient (Wildman–Crippen LogP) is 0.785. The molecule has 2 fully saturated rings. The molecule has 18 heavy (non-hydrogen) atoms. The second-order valence-electron chi connectivity index (χ2n) is 4.87. The summed E-state index contributed by atoms with van der Waals surface area (Å²) in [6.07, 6.45) is 0. The zero-order chi connectivity index (χ0) is 12.5. The zero-order valence-corrected chi connectivity index (χ0v) is 10.8. The molecule has 1 aromatic carbocycles. The Balaban J connectivity index is 1.77. The van der Waals surface area contributed by atoms with Gasteiger partial charge in [0.15, 0.2) is 0 Å². The van der Waals surface area contributed by atoms with Crippen molar-refractivity contribution in [1.29, 1.82) is 0 Å². The summed E-state index contributed by atoms with van der Waals surface area (Å²) in [5.74, 6) is 0.117. The first-order chi connectivity index (χ1) is 8.74. The molecule has 0 spiro atoms. The molecule has 0 saturated carbocycles. The summed E-state index contributed by atoms with van der Waals surface area (Å²) in [6.45, 7) is 2.95. The quantitative estimate of drug-likeness (QED) is 0.789. The Morgan fingerprint density at radius 1 is 1.28 bits per heavy atom. The molecule has 96 valence electrons. The highest BCUT2D eigenvalue weighted by molar-refractivity contribution is 6.31. The van der Waals surface area contributed by atoms with Gasteiger partial charge >= 0.3 is 0 Å². The Labute approximate surface area is 111 Å². The van der Waals surface area contributed by atoms with Crippen LogP contribution in [0.2, 0.25) is 5.02 Å². The van der Waals surface area contributed by atoms with Crippen molar-refractivity contribution in [1.82, 2.24) is 15.5 Å². The Morgan fingerprint density at radius 3 is 2.94 bits per heavy atom. The fourth-order valence-electron chi connectivity index (χ4n) is 2.69. The fourth-order valence-corrected chi connectivity index (χ4v) is 2.96. The van der Waals surface area contributed by atoms with Crippen molar-refractivity contribution in [2.24, 2.45) is 0 Å². The standard InChI is InChI=1S/C13H16ClN3O/c14-11-4-2-1-3-10(11)12-7-17-8-13(18)16-6-9(17)5-15-12/h1-4,9,12,15H,5-8H2,(H,16,18). The lowest BCUT2D eigenvalue weighted by atomic mass is 10.0. The zero-order valence-electron chi connectivity index (χ0n) is 10.0. The summed E-state index contributed by atoms with van der Waals surface area (Å²) in [4.78, 5) is 13.7. The van der Waals surface area contributed by atoms with Crippen LogP contribution in [0.3, 0.4) is 0 Å². The Morgan fingerprint density at radius 2 is 2.11 bits per heavy atom. The topological polar surface area (TPSA) is 44.4 Å². The van der Waals surface area contributed by atoms with Gasteiger partial charge in [0.05, 0.1) is 6.54 Å². The molecule has 0 aromatic heterocycles. The van der Waals surface area contributed by atoms with Gasteiger partial charge in [-0.15, -0.1) is 0 Å². The van der Waals surface area contributed by atoms with Crippen LogP contribution in [0.1, 0.15) is 11.6 Å². The van der Waals surface area contributed by atoms with E-state index in [0.29, 0.717) is 12.6 Å². The van der Waals surface area contributed by atoms with Crippen LogP contribution in [0.15, 0.2) is 24.3 Å². The number of hydrogen-bond donors (Lipinski definition) is 2. The molecule has 5 heteroatoms. The highest BCUT2D eigenvalue weighted by Crippen LogP contribution is 2.26. The van der Waals surface area contributed by atoms with Gasteiger partial charge in [0.1, 0.15) is 0 Å². The monoisotopic (exact) mass is 265 g/mol. The molecule has 4 nitrogen and oxygen atoms in total. The minimum absolute atomic E-state index is 0.117. The van der Waals surface area contributed by atoms with Crippen molar-refractivity contribution >= 4 is 17.5 Å². The first-order valence-corrected chi connectivity index (χ1v) is 6.60. The molecule has 0 aliphatic carbocycles. The molecular weight excluding hydrogens is 250 g/mol. The van der Waals surface area contributed by atoms with Crippen LogP contribution in [-0.4, -0.2) is 43.0 Å². The molecule has 2 aliphatic rings. The first kappa shape index (κ1) is 12.0. The number of nitrogens with zero attached hydrogens (tertiary/aromatic N) is 1. The molecule has 2 heterocycles. The maximum atomic E-state index is 11.4. The molecule has 1 aromatic rings. The molecule has 3 rings (SSSR count). The number of rotatable bonds is 1. The van der Waals surface area contributed by atoms with E-state index in [2.05, 4.69) is 15.5 Å². The number of piperazine rings is 2. The Bertz CT molecular complexity index is 465. The first-order valence-electron chi connectivity index (χ1n) is 6.22. The number of carbonyl (C=O) groups excluding carboxylic acids is 1. The number of benzene rings is 1. The summed E-state index contributed by atoms with van der Waals surface area (Å²) in [5, 5.41) is 7.20. The predicted molar refractivity (Wildman–Crippen MR) is 70.6 cm³/mol. The third-order valence-corrected chi connectivity index (χ3v) is 4.04. The largest absolute Gasteiger partial charge is 0.353 e. The average Bonchev–Trinajstić information content (AvgIpc) is 2.38. The third kappa shape index (κ3) is 2.23. The van der Waals surface area contributed by atoms with E-state index in [1.165, 1.54) is 0 Å². The van der Waals surface area contributed by atoms with Crippen LogP contribution in [0, 0.1) is 0 Å². The van der Waals surface area contributed by atoms with Gasteiger partial charge in [0.25, 0.3) is 0 Å². The van der Waals surface area contributed by atoms with Crippen molar-refractivity contribution in [3.63, 3.8) is 0 Å². The van der Waals surface area contributed by atoms with Gasteiger partial charge in [0, 0.05) is 36.7 Å². The van der Waals surface area contributed by atoms with E-state index in [1.807, 2.05) is 24.3 Å². The van der Waals surface area contributed by atoms with E-state index in [4.69, 9.17) is 11.6 Å². The van der Waals surface area contributed by atoms with E-state index in [0.717, 1.165) is 30.2 Å². The van der Waals surface area contributed by atoms with E-state index in [1.54, 1.807) is 0 Å². The highest BCUT2D eigenvalue weighted by Gasteiger charge is 2.33. The van der Waals surface area contributed by atoms with Gasteiger partial charge in [-0.2, -0.15) is 0 Å². The van der Waals surface area contributed by atoms with Crippen molar-refractivity contribution in [2.75, 3.05) is 26.2 Å². The second kappa shape index (κ2) is 4.88. The van der Waals surface area contributed by atoms with Crippen LogP contribution in [-0.2, 0) is 4.79 Å². The van der Waals surface area contributed by atoms with Crippen molar-refractivity contribution in [3.8, 4) is 0 Å². The number of nitrogens with one attached hydrogen (secondary N) is 2. The number of carbonyl (C=O) groups is 1. The lowest BCUT2D eigenvalue weighted by Gasteiger charge is -2.43. The average molecular weight is 266 g/mol. The van der Waals surface area contributed by atoms with Crippen molar-refractivity contribution < 1.29 is 4.79 Å². The van der Waals surface area contributed by atoms with Crippen LogP contribution < -0.4 is 10.6 Å². The molecule has 1 amide bonds. The van der Waals surface area contributed by atoms with Crippen LogP contribution >= 0.6 is 11.6 Å². The Kier molecular flexibility index (Phi) is 3.24. The van der Waals surface area contributed by atoms with Gasteiger partial charge in [-0.25, -0.2) is 0 Å². The lowest BCUT2D eigenvalue weighted by molar-refractivity contribution is -0.126. The van der Waals surface area contributed by atoms with Gasteiger partial charge in [0.2, 0.25) is 5.91 Å². The van der Waals surface area contributed by atoms with Crippen molar-refractivity contribution in [2.45, 2.75) is 12.1 Å². The third-order valence-electron chi connectivity index (χ3n) is 3.70. The minimum atomic E-state index is 0.117. The minimum Gasteiger partial charge on any atom is -0.353 e. The smallest absolute Gasteiger partial charge is 0.234 e. The maximum absolute atomic E-state index is 11.4. The molecule has 2 unspecified atom stereocenters. The van der Waals surface area contributed by atoms with E-state index in [9.17, 15) is 4.79 Å².